The maximum atomic E-state index is 8.25. The first-order valence-corrected chi connectivity index (χ1v) is 2.34. The Hall–Kier alpha value is -0.970. The van der Waals surface area contributed by atoms with Crippen LogP contribution in [0.25, 0.3) is 0 Å². The zero-order valence-corrected chi connectivity index (χ0v) is 5.36. The SMILES string of the molecule is CO/C(C)=C(/C)C#N. The van der Waals surface area contributed by atoms with E-state index in [1.165, 1.54) is 0 Å². The van der Waals surface area contributed by atoms with Crippen molar-refractivity contribution in [1.82, 2.24) is 0 Å². The highest BCUT2D eigenvalue weighted by atomic mass is 16.5. The van der Waals surface area contributed by atoms with Crippen LogP contribution in [0.1, 0.15) is 13.8 Å². The van der Waals surface area contributed by atoms with Gasteiger partial charge in [-0.05, 0) is 13.8 Å². The molecule has 0 unspecified atom stereocenters. The lowest BCUT2D eigenvalue weighted by Crippen LogP contribution is -1.82. The van der Waals surface area contributed by atoms with Gasteiger partial charge >= 0.3 is 0 Å². The van der Waals surface area contributed by atoms with Crippen molar-refractivity contribution in [1.29, 1.82) is 5.26 Å². The first kappa shape index (κ1) is 7.03. The molecule has 0 aromatic heterocycles. The van der Waals surface area contributed by atoms with Crippen molar-refractivity contribution < 1.29 is 4.74 Å². The molecular formula is C6H9NO. The first-order valence-electron chi connectivity index (χ1n) is 2.34. The Morgan fingerprint density at radius 2 is 2.00 bits per heavy atom. The van der Waals surface area contributed by atoms with E-state index in [0.29, 0.717) is 11.3 Å². The van der Waals surface area contributed by atoms with E-state index in [2.05, 4.69) is 0 Å². The fourth-order valence-electron chi connectivity index (χ4n) is 0.232. The molecule has 44 valence electrons. The number of ether oxygens (including phenoxy) is 1. The van der Waals surface area contributed by atoms with Gasteiger partial charge in [0.15, 0.2) is 0 Å². The van der Waals surface area contributed by atoms with E-state index >= 15 is 0 Å². The monoisotopic (exact) mass is 111 g/mol. The molecule has 8 heavy (non-hydrogen) atoms. The third-order valence-electron chi connectivity index (χ3n) is 1.00. The average molecular weight is 111 g/mol. The van der Waals surface area contributed by atoms with E-state index in [-0.39, 0.29) is 0 Å². The fraction of sp³-hybridized carbons (Fsp3) is 0.500. The summed E-state index contributed by atoms with van der Waals surface area (Å²) < 4.78 is 4.76. The average Bonchev–Trinajstić information content (AvgIpc) is 1.84. The van der Waals surface area contributed by atoms with Crippen LogP contribution in [0.15, 0.2) is 11.3 Å². The van der Waals surface area contributed by atoms with Gasteiger partial charge in [-0.2, -0.15) is 5.26 Å². The Morgan fingerprint density at radius 1 is 1.50 bits per heavy atom. The second kappa shape index (κ2) is 3.09. The molecule has 0 aromatic carbocycles. The van der Waals surface area contributed by atoms with Crippen molar-refractivity contribution >= 4 is 0 Å². The lowest BCUT2D eigenvalue weighted by molar-refractivity contribution is 0.290. The summed E-state index contributed by atoms with van der Waals surface area (Å²) in [4.78, 5) is 0. The normalized spacial score (nSPS) is 11.8. The lowest BCUT2D eigenvalue weighted by atomic mass is 10.3. The van der Waals surface area contributed by atoms with Crippen molar-refractivity contribution in [2.75, 3.05) is 7.11 Å². The van der Waals surface area contributed by atoms with Gasteiger partial charge in [-0.25, -0.2) is 0 Å². The number of methoxy groups -OCH3 is 1. The molecule has 0 fully saturated rings. The molecule has 0 amide bonds. The van der Waals surface area contributed by atoms with Gasteiger partial charge in [-0.1, -0.05) is 0 Å². The standard InChI is InChI=1S/C6H9NO/c1-5(4-7)6(2)8-3/h1-3H3/b6-5-. The summed E-state index contributed by atoms with van der Waals surface area (Å²) in [6.45, 7) is 3.48. The van der Waals surface area contributed by atoms with Crippen LogP contribution in [0.5, 0.6) is 0 Å². The maximum absolute atomic E-state index is 8.25. The van der Waals surface area contributed by atoms with Crippen LogP contribution in [0.3, 0.4) is 0 Å². The van der Waals surface area contributed by atoms with Crippen LogP contribution in [0.2, 0.25) is 0 Å². The summed E-state index contributed by atoms with van der Waals surface area (Å²) in [5.41, 5.74) is 0.632. The molecule has 0 rings (SSSR count). The fourth-order valence-corrected chi connectivity index (χ4v) is 0.232. The summed E-state index contributed by atoms with van der Waals surface area (Å²) >= 11 is 0. The van der Waals surface area contributed by atoms with Gasteiger partial charge in [0.25, 0.3) is 0 Å². The quantitative estimate of drug-likeness (QED) is 0.379. The van der Waals surface area contributed by atoms with E-state index < -0.39 is 0 Å². The minimum absolute atomic E-state index is 0.632. The van der Waals surface area contributed by atoms with Gasteiger partial charge in [0.05, 0.1) is 18.8 Å². The minimum Gasteiger partial charge on any atom is -0.500 e. The zero-order valence-electron chi connectivity index (χ0n) is 5.36. The number of hydrogen-bond acceptors (Lipinski definition) is 2. The van der Waals surface area contributed by atoms with Gasteiger partial charge in [-0.3, -0.25) is 0 Å². The van der Waals surface area contributed by atoms with Crippen molar-refractivity contribution in [3.05, 3.63) is 11.3 Å². The second-order valence-electron chi connectivity index (χ2n) is 1.50. The Balaban J connectivity index is 4.10. The van der Waals surface area contributed by atoms with Crippen LogP contribution >= 0.6 is 0 Å². The Labute approximate surface area is 49.4 Å². The molecule has 0 heterocycles. The molecule has 0 aliphatic carbocycles. The summed E-state index contributed by atoms with van der Waals surface area (Å²) in [6.07, 6.45) is 0. The molecule has 0 radical (unpaired) electrons. The molecule has 0 spiro atoms. The first-order chi connectivity index (χ1) is 3.72. The zero-order chi connectivity index (χ0) is 6.57. The molecule has 0 atom stereocenters. The summed E-state index contributed by atoms with van der Waals surface area (Å²) in [6, 6.07) is 1.97. The highest BCUT2D eigenvalue weighted by Crippen LogP contribution is 1.99. The predicted molar refractivity (Wildman–Crippen MR) is 31.0 cm³/mol. The highest BCUT2D eigenvalue weighted by molar-refractivity contribution is 5.20. The lowest BCUT2D eigenvalue weighted by Gasteiger charge is -1.96. The summed E-state index contributed by atoms with van der Waals surface area (Å²) in [5, 5.41) is 8.25. The van der Waals surface area contributed by atoms with E-state index in [1.807, 2.05) is 6.07 Å². The molecule has 0 aliphatic heterocycles. The van der Waals surface area contributed by atoms with Gasteiger partial charge in [0.2, 0.25) is 0 Å². The van der Waals surface area contributed by atoms with Gasteiger partial charge in [-0.15, -0.1) is 0 Å². The van der Waals surface area contributed by atoms with Crippen molar-refractivity contribution in [2.45, 2.75) is 13.8 Å². The van der Waals surface area contributed by atoms with Crippen LogP contribution in [0.4, 0.5) is 0 Å². The molecule has 0 aromatic rings. The van der Waals surface area contributed by atoms with Crippen LogP contribution in [-0.4, -0.2) is 7.11 Å². The number of nitrogens with zero attached hydrogens (tertiary/aromatic N) is 1. The van der Waals surface area contributed by atoms with Gasteiger partial charge < -0.3 is 4.74 Å². The number of rotatable bonds is 1. The molecule has 0 bridgehead atoms. The van der Waals surface area contributed by atoms with Crippen LogP contribution < -0.4 is 0 Å². The third kappa shape index (κ3) is 1.65. The Morgan fingerprint density at radius 3 is 2.12 bits per heavy atom. The van der Waals surface area contributed by atoms with Gasteiger partial charge in [0, 0.05) is 0 Å². The second-order valence-corrected chi connectivity index (χ2v) is 1.50. The van der Waals surface area contributed by atoms with E-state index in [4.69, 9.17) is 10.00 Å². The molecule has 0 N–H and O–H groups in total. The Kier molecular flexibility index (Phi) is 2.71. The smallest absolute Gasteiger partial charge is 0.106 e. The molecule has 2 nitrogen and oxygen atoms in total. The van der Waals surface area contributed by atoms with Crippen LogP contribution in [-0.2, 0) is 4.74 Å². The molecule has 0 aliphatic rings. The molecule has 0 saturated heterocycles. The maximum Gasteiger partial charge on any atom is 0.106 e. The Bertz CT molecular complexity index is 141. The molecular weight excluding hydrogens is 102 g/mol. The topological polar surface area (TPSA) is 33.0 Å². The predicted octanol–water partition coefficient (Wildman–Crippen LogP) is 1.45. The van der Waals surface area contributed by atoms with Crippen molar-refractivity contribution in [3.8, 4) is 6.07 Å². The largest absolute Gasteiger partial charge is 0.500 e. The summed E-state index contributed by atoms with van der Waals surface area (Å²) in [5.74, 6) is 0.688. The molecule has 2 heteroatoms. The highest BCUT2D eigenvalue weighted by Gasteiger charge is 1.90. The van der Waals surface area contributed by atoms with Crippen molar-refractivity contribution in [2.24, 2.45) is 0 Å². The van der Waals surface area contributed by atoms with E-state index in [9.17, 15) is 0 Å². The third-order valence-corrected chi connectivity index (χ3v) is 1.00. The van der Waals surface area contributed by atoms with Gasteiger partial charge in [0.1, 0.15) is 5.76 Å². The molecule has 0 saturated carbocycles. The number of nitriles is 1. The van der Waals surface area contributed by atoms with E-state index in [1.54, 1.807) is 21.0 Å². The number of allylic oxidation sites excluding steroid dienone is 2. The van der Waals surface area contributed by atoms with Crippen LogP contribution in [0, 0.1) is 11.3 Å². The summed E-state index contributed by atoms with van der Waals surface area (Å²) in [7, 11) is 1.55. The van der Waals surface area contributed by atoms with Crippen molar-refractivity contribution in [3.63, 3.8) is 0 Å². The van der Waals surface area contributed by atoms with E-state index in [0.717, 1.165) is 0 Å². The minimum atomic E-state index is 0.632. The number of hydrogen-bond donors (Lipinski definition) is 0.